The SMILES string of the molecule is COCCCC/C(=N\OCCNC(=O)OC(C)OC(=O)CCCCCN)c1ccc(C(F)(F)F)cc1.O=C(O)C(F)(F)F. The van der Waals surface area contributed by atoms with Crippen LogP contribution < -0.4 is 11.1 Å². The Balaban J connectivity index is 0.00000223. The van der Waals surface area contributed by atoms with Crippen LogP contribution in [0.25, 0.3) is 0 Å². The van der Waals surface area contributed by atoms with E-state index in [2.05, 4.69) is 10.5 Å². The van der Waals surface area contributed by atoms with Gasteiger partial charge in [0.2, 0.25) is 6.29 Å². The predicted octanol–water partition coefficient (Wildman–Crippen LogP) is 5.01. The van der Waals surface area contributed by atoms with Crippen LogP contribution in [0.4, 0.5) is 31.1 Å². The average molecular weight is 634 g/mol. The van der Waals surface area contributed by atoms with Gasteiger partial charge in [-0.05, 0) is 56.3 Å². The molecule has 0 aromatic heterocycles. The molecule has 0 aliphatic carbocycles. The molecule has 1 amide bonds. The van der Waals surface area contributed by atoms with E-state index in [0.29, 0.717) is 43.7 Å². The van der Waals surface area contributed by atoms with Gasteiger partial charge in [0.15, 0.2) is 0 Å². The zero-order valence-corrected chi connectivity index (χ0v) is 23.8. The number of nitrogens with one attached hydrogen (secondary N) is 1. The zero-order valence-electron chi connectivity index (χ0n) is 23.8. The summed E-state index contributed by atoms with van der Waals surface area (Å²) in [6.45, 7) is 2.58. The predicted molar refractivity (Wildman–Crippen MR) is 141 cm³/mol. The van der Waals surface area contributed by atoms with Crippen LogP contribution in [0.2, 0.25) is 0 Å². The van der Waals surface area contributed by atoms with Crippen molar-refractivity contribution in [1.82, 2.24) is 5.32 Å². The number of esters is 1. The maximum atomic E-state index is 12.8. The molecule has 246 valence electrons. The lowest BCUT2D eigenvalue weighted by Crippen LogP contribution is -2.32. The second kappa shape index (κ2) is 21.1. The molecule has 0 radical (unpaired) electrons. The highest BCUT2D eigenvalue weighted by atomic mass is 19.4. The molecule has 0 saturated carbocycles. The largest absolute Gasteiger partial charge is 0.490 e. The molecule has 0 fully saturated rings. The number of oxime groups is 1. The second-order valence-electron chi connectivity index (χ2n) is 8.69. The molecule has 0 bridgehead atoms. The first-order valence-electron chi connectivity index (χ1n) is 13.1. The van der Waals surface area contributed by atoms with E-state index in [1.54, 1.807) is 7.11 Å². The fraction of sp³-hybridized carbons (Fsp3) is 0.615. The molecule has 0 aliphatic rings. The monoisotopic (exact) mass is 633 g/mol. The highest BCUT2D eigenvalue weighted by molar-refractivity contribution is 6.00. The van der Waals surface area contributed by atoms with E-state index in [-0.39, 0.29) is 19.6 Å². The number of rotatable bonds is 17. The van der Waals surface area contributed by atoms with E-state index in [0.717, 1.165) is 31.4 Å². The number of ether oxygens (including phenoxy) is 3. The Morgan fingerprint density at radius 3 is 2.07 bits per heavy atom. The molecule has 1 unspecified atom stereocenters. The smallest absolute Gasteiger partial charge is 0.475 e. The summed E-state index contributed by atoms with van der Waals surface area (Å²) in [6, 6.07) is 4.67. The van der Waals surface area contributed by atoms with E-state index in [1.807, 2.05) is 0 Å². The van der Waals surface area contributed by atoms with Crippen LogP contribution >= 0.6 is 0 Å². The Morgan fingerprint density at radius 2 is 1.53 bits per heavy atom. The quantitative estimate of drug-likeness (QED) is 0.0535. The van der Waals surface area contributed by atoms with Crippen molar-refractivity contribution in [3.8, 4) is 0 Å². The number of carboxylic acids is 1. The van der Waals surface area contributed by atoms with Crippen LogP contribution in [0.5, 0.6) is 0 Å². The summed E-state index contributed by atoms with van der Waals surface area (Å²) in [4.78, 5) is 37.7. The third-order valence-corrected chi connectivity index (χ3v) is 5.09. The number of carbonyl (C=O) groups is 3. The second-order valence-corrected chi connectivity index (χ2v) is 8.69. The van der Waals surface area contributed by atoms with Gasteiger partial charge in [-0.25, -0.2) is 9.59 Å². The lowest BCUT2D eigenvalue weighted by Gasteiger charge is -2.14. The number of benzene rings is 1. The van der Waals surface area contributed by atoms with Gasteiger partial charge in [-0.3, -0.25) is 4.79 Å². The van der Waals surface area contributed by atoms with Crippen molar-refractivity contribution >= 4 is 23.7 Å². The number of alkyl halides is 6. The highest BCUT2D eigenvalue weighted by Gasteiger charge is 2.38. The molecule has 1 rings (SSSR count). The maximum Gasteiger partial charge on any atom is 0.490 e. The van der Waals surface area contributed by atoms with E-state index in [1.165, 1.54) is 19.1 Å². The lowest BCUT2D eigenvalue weighted by atomic mass is 10.0. The number of carboxylic acid groups (broad SMARTS) is 1. The van der Waals surface area contributed by atoms with Crippen LogP contribution in [0.15, 0.2) is 29.4 Å². The van der Waals surface area contributed by atoms with Crippen molar-refractivity contribution in [3.63, 3.8) is 0 Å². The topological polar surface area (TPSA) is 159 Å². The molecule has 1 atom stereocenters. The molecular formula is C26H37F6N3O8. The molecule has 0 aliphatic heterocycles. The number of hydrogen-bond donors (Lipinski definition) is 3. The minimum absolute atomic E-state index is 0.00732. The Labute approximate surface area is 244 Å². The van der Waals surface area contributed by atoms with E-state index in [4.69, 9.17) is 34.7 Å². The van der Waals surface area contributed by atoms with Crippen molar-refractivity contribution in [2.24, 2.45) is 10.9 Å². The van der Waals surface area contributed by atoms with Crippen molar-refractivity contribution < 1.29 is 64.9 Å². The first-order valence-corrected chi connectivity index (χ1v) is 13.1. The van der Waals surface area contributed by atoms with Gasteiger partial charge in [0.1, 0.15) is 6.61 Å². The summed E-state index contributed by atoms with van der Waals surface area (Å²) < 4.78 is 85.2. The highest BCUT2D eigenvalue weighted by Crippen LogP contribution is 2.29. The standard InChI is InChI=1S/C24H36F3N3O6.C2HF3O2/c1-18(35-22(31)9-4-3-6-14-28)36-23(32)29-15-17-34-30-21(8-5-7-16-33-2)19-10-12-20(13-11-19)24(25,26)27;3-2(4,5)1(6)7/h10-13,18H,3-9,14-17,28H2,1-2H3,(H,29,32);(H,6,7)/b30-21+;. The number of methoxy groups -OCH3 is 1. The number of halogens is 6. The van der Waals surface area contributed by atoms with Gasteiger partial charge in [-0.15, -0.1) is 0 Å². The van der Waals surface area contributed by atoms with Crippen LogP contribution in [0, 0.1) is 0 Å². The molecule has 11 nitrogen and oxygen atoms in total. The summed E-state index contributed by atoms with van der Waals surface area (Å²) in [5.74, 6) is -3.22. The summed E-state index contributed by atoms with van der Waals surface area (Å²) in [5.41, 5.74) is 5.63. The average Bonchev–Trinajstić information content (AvgIpc) is 2.91. The summed E-state index contributed by atoms with van der Waals surface area (Å²) in [5, 5.41) is 13.6. The van der Waals surface area contributed by atoms with Gasteiger partial charge in [0.05, 0.1) is 17.8 Å². The maximum absolute atomic E-state index is 12.8. The first-order chi connectivity index (χ1) is 20.1. The number of aliphatic carboxylic acids is 1. The third kappa shape index (κ3) is 20.0. The Morgan fingerprint density at radius 1 is 0.930 bits per heavy atom. The number of unbranched alkanes of at least 4 members (excludes halogenated alkanes) is 3. The molecular weight excluding hydrogens is 596 g/mol. The van der Waals surface area contributed by atoms with Gasteiger partial charge in [0.25, 0.3) is 0 Å². The number of hydrogen-bond acceptors (Lipinski definition) is 9. The number of nitrogens with zero attached hydrogens (tertiary/aromatic N) is 1. The van der Waals surface area contributed by atoms with Crippen molar-refractivity contribution in [2.75, 3.05) is 33.4 Å². The molecule has 0 heterocycles. The van der Waals surface area contributed by atoms with Gasteiger partial charge in [-0.2, -0.15) is 26.3 Å². The molecule has 4 N–H and O–H groups in total. The van der Waals surface area contributed by atoms with Crippen LogP contribution in [0.3, 0.4) is 0 Å². The Hall–Kier alpha value is -3.60. The minimum Gasteiger partial charge on any atom is -0.475 e. The third-order valence-electron chi connectivity index (χ3n) is 5.09. The zero-order chi connectivity index (χ0) is 32.9. The molecule has 17 heteroatoms. The van der Waals surface area contributed by atoms with Crippen LogP contribution in [0.1, 0.15) is 63.0 Å². The summed E-state index contributed by atoms with van der Waals surface area (Å²) >= 11 is 0. The van der Waals surface area contributed by atoms with Crippen molar-refractivity contribution in [1.29, 1.82) is 0 Å². The molecule has 1 aromatic rings. The normalized spacial score (nSPS) is 12.4. The fourth-order valence-electron chi connectivity index (χ4n) is 3.01. The Bertz CT molecular complexity index is 989. The molecule has 1 aromatic carbocycles. The first kappa shape index (κ1) is 39.4. The lowest BCUT2D eigenvalue weighted by molar-refractivity contribution is -0.192. The number of amides is 1. The molecule has 43 heavy (non-hydrogen) atoms. The van der Waals surface area contributed by atoms with E-state index >= 15 is 0 Å². The number of nitrogens with two attached hydrogens (primary N) is 1. The van der Waals surface area contributed by atoms with Gasteiger partial charge in [0, 0.05) is 27.1 Å². The van der Waals surface area contributed by atoms with E-state index in [9.17, 15) is 35.9 Å². The summed E-state index contributed by atoms with van der Waals surface area (Å²) in [7, 11) is 1.58. The summed E-state index contributed by atoms with van der Waals surface area (Å²) in [6.07, 6.45) is -6.93. The fourth-order valence-corrected chi connectivity index (χ4v) is 3.01. The van der Waals surface area contributed by atoms with Gasteiger partial charge < -0.3 is 35.2 Å². The van der Waals surface area contributed by atoms with Crippen molar-refractivity contribution in [3.05, 3.63) is 35.4 Å². The van der Waals surface area contributed by atoms with E-state index < -0.39 is 42.2 Å². The van der Waals surface area contributed by atoms with Gasteiger partial charge >= 0.3 is 30.4 Å². The molecule has 0 spiro atoms. The van der Waals surface area contributed by atoms with Crippen LogP contribution in [-0.2, 0) is 34.8 Å². The minimum atomic E-state index is -5.08. The number of alkyl carbamates (subject to hydrolysis) is 1. The van der Waals surface area contributed by atoms with Gasteiger partial charge in [-0.1, -0.05) is 23.7 Å². The Kier molecular flexibility index (Phi) is 19.4. The van der Waals surface area contributed by atoms with Crippen LogP contribution in [-0.4, -0.2) is 74.7 Å². The number of carbonyl (C=O) groups excluding carboxylic acids is 2. The molecule has 0 saturated heterocycles. The van der Waals surface area contributed by atoms with Crippen molar-refractivity contribution in [2.45, 2.75) is 70.5 Å².